The van der Waals surface area contributed by atoms with Crippen LogP contribution < -0.4 is 5.32 Å². The van der Waals surface area contributed by atoms with E-state index >= 15 is 0 Å². The molecular formula is C24H35ClN2. The van der Waals surface area contributed by atoms with E-state index in [-0.39, 0.29) is 0 Å². The average Bonchev–Trinajstić information content (AvgIpc) is 3.03. The molecule has 148 valence electrons. The molecule has 0 amide bonds. The lowest BCUT2D eigenvalue weighted by atomic mass is 9.43. The molecule has 5 aliphatic rings. The summed E-state index contributed by atoms with van der Waals surface area (Å²) in [6, 6.07) is 9.69. The number of nitrogens with zero attached hydrogens (tertiary/aromatic N) is 1. The number of hydrogen-bond donors (Lipinski definition) is 1. The van der Waals surface area contributed by atoms with Crippen molar-refractivity contribution in [3.8, 4) is 0 Å². The van der Waals surface area contributed by atoms with Crippen LogP contribution >= 0.6 is 11.6 Å². The topological polar surface area (TPSA) is 15.3 Å². The minimum atomic E-state index is 0.433. The standard InChI is InChI=1S/C24H35ClN2/c1-27-10-2-3-22(27)8-9-26-17-23-12-18-11-19(13-23)15-24(14-18,16-23)20-4-6-21(25)7-5-20/h4-7,18-19,22,26H,2-3,8-17H2,1H3. The Morgan fingerprint density at radius 1 is 1.11 bits per heavy atom. The van der Waals surface area contributed by atoms with Gasteiger partial charge in [-0.2, -0.15) is 0 Å². The summed E-state index contributed by atoms with van der Waals surface area (Å²) < 4.78 is 0. The molecule has 1 N–H and O–H groups in total. The van der Waals surface area contributed by atoms with Gasteiger partial charge in [0, 0.05) is 17.6 Å². The van der Waals surface area contributed by atoms with Gasteiger partial charge in [0.15, 0.2) is 0 Å². The fraction of sp³-hybridized carbons (Fsp3) is 0.750. The Labute approximate surface area is 170 Å². The molecule has 1 saturated heterocycles. The lowest BCUT2D eigenvalue weighted by molar-refractivity contribution is -0.0706. The minimum absolute atomic E-state index is 0.433. The summed E-state index contributed by atoms with van der Waals surface area (Å²) in [6.07, 6.45) is 12.8. The maximum absolute atomic E-state index is 6.18. The second-order valence-electron chi connectivity index (χ2n) is 10.5. The molecule has 1 aliphatic heterocycles. The highest BCUT2D eigenvalue weighted by Crippen LogP contribution is 2.65. The van der Waals surface area contributed by atoms with Crippen molar-refractivity contribution in [1.29, 1.82) is 0 Å². The van der Waals surface area contributed by atoms with E-state index < -0.39 is 0 Å². The summed E-state index contributed by atoms with van der Waals surface area (Å²) in [4.78, 5) is 2.56. The summed E-state index contributed by atoms with van der Waals surface area (Å²) in [5, 5.41) is 4.79. The molecule has 1 aromatic carbocycles. The molecule has 3 heteroatoms. The zero-order chi connectivity index (χ0) is 18.5. The lowest BCUT2D eigenvalue weighted by Crippen LogP contribution is -2.57. The average molecular weight is 387 g/mol. The Morgan fingerprint density at radius 3 is 2.52 bits per heavy atom. The summed E-state index contributed by atoms with van der Waals surface area (Å²) >= 11 is 6.18. The van der Waals surface area contributed by atoms with E-state index in [2.05, 4.69) is 41.5 Å². The molecule has 6 rings (SSSR count). The number of benzene rings is 1. The highest BCUT2D eigenvalue weighted by Gasteiger charge is 2.57. The molecule has 0 spiro atoms. The predicted octanol–water partition coefficient (Wildman–Crippen LogP) is 5.25. The lowest BCUT2D eigenvalue weighted by Gasteiger charge is -2.62. The first-order valence-electron chi connectivity index (χ1n) is 11.2. The molecule has 0 radical (unpaired) electrons. The number of rotatable bonds is 6. The summed E-state index contributed by atoms with van der Waals surface area (Å²) in [6.45, 7) is 3.73. The number of halogens is 1. The Bertz CT molecular complexity index is 655. The van der Waals surface area contributed by atoms with Crippen LogP contribution in [0, 0.1) is 17.3 Å². The molecule has 1 aromatic rings. The first-order chi connectivity index (χ1) is 13.1. The van der Waals surface area contributed by atoms with Crippen LogP contribution in [0.5, 0.6) is 0 Å². The van der Waals surface area contributed by atoms with E-state index in [0.29, 0.717) is 10.8 Å². The van der Waals surface area contributed by atoms with E-state index in [1.807, 2.05) is 0 Å². The summed E-state index contributed by atoms with van der Waals surface area (Å²) in [5.74, 6) is 1.90. The third kappa shape index (κ3) is 3.47. The quantitative estimate of drug-likeness (QED) is 0.671. The van der Waals surface area contributed by atoms with Crippen molar-refractivity contribution in [2.75, 3.05) is 26.7 Å². The monoisotopic (exact) mass is 386 g/mol. The van der Waals surface area contributed by atoms with Gasteiger partial charge >= 0.3 is 0 Å². The van der Waals surface area contributed by atoms with E-state index in [9.17, 15) is 0 Å². The molecule has 27 heavy (non-hydrogen) atoms. The van der Waals surface area contributed by atoms with Crippen LogP contribution in [0.3, 0.4) is 0 Å². The van der Waals surface area contributed by atoms with Gasteiger partial charge in [-0.1, -0.05) is 23.7 Å². The van der Waals surface area contributed by atoms with E-state index in [0.717, 1.165) is 22.9 Å². The highest BCUT2D eigenvalue weighted by molar-refractivity contribution is 6.30. The molecule has 5 fully saturated rings. The molecular weight excluding hydrogens is 352 g/mol. The Kier molecular flexibility index (Phi) is 4.81. The molecule has 4 bridgehead atoms. The highest BCUT2D eigenvalue weighted by atomic mass is 35.5. The Hall–Kier alpha value is -0.570. The van der Waals surface area contributed by atoms with E-state index in [1.165, 1.54) is 77.4 Å². The van der Waals surface area contributed by atoms with Crippen LogP contribution in [-0.2, 0) is 5.41 Å². The molecule has 4 aliphatic carbocycles. The fourth-order valence-electron chi connectivity index (χ4n) is 7.77. The fourth-order valence-corrected chi connectivity index (χ4v) is 7.89. The third-order valence-corrected chi connectivity index (χ3v) is 8.72. The van der Waals surface area contributed by atoms with Gasteiger partial charge in [-0.3, -0.25) is 0 Å². The number of likely N-dealkylation sites (tertiary alicyclic amines) is 1. The third-order valence-electron chi connectivity index (χ3n) is 8.46. The minimum Gasteiger partial charge on any atom is -0.316 e. The molecule has 3 atom stereocenters. The maximum Gasteiger partial charge on any atom is 0.0406 e. The first-order valence-corrected chi connectivity index (χ1v) is 11.6. The number of nitrogens with one attached hydrogen (secondary N) is 1. The van der Waals surface area contributed by atoms with Crippen LogP contribution in [0.1, 0.15) is 63.4 Å². The van der Waals surface area contributed by atoms with Gasteiger partial charge in [-0.25, -0.2) is 0 Å². The van der Waals surface area contributed by atoms with Gasteiger partial charge in [0.2, 0.25) is 0 Å². The van der Waals surface area contributed by atoms with Crippen molar-refractivity contribution in [2.24, 2.45) is 17.3 Å². The van der Waals surface area contributed by atoms with E-state index in [1.54, 1.807) is 5.56 Å². The van der Waals surface area contributed by atoms with E-state index in [4.69, 9.17) is 11.6 Å². The smallest absolute Gasteiger partial charge is 0.0406 e. The normalized spacial score (nSPS) is 40.7. The zero-order valence-electron chi connectivity index (χ0n) is 16.9. The SMILES string of the molecule is CN1CCCC1CCNCC12CC3CC(C1)CC(c1ccc(Cl)cc1)(C3)C2. The van der Waals surface area contributed by atoms with Crippen molar-refractivity contribution in [2.45, 2.75) is 69.2 Å². The van der Waals surface area contributed by atoms with Crippen molar-refractivity contribution in [3.63, 3.8) is 0 Å². The van der Waals surface area contributed by atoms with Crippen molar-refractivity contribution < 1.29 is 0 Å². The van der Waals surface area contributed by atoms with Gasteiger partial charge in [0.1, 0.15) is 0 Å². The van der Waals surface area contributed by atoms with Crippen LogP contribution in [-0.4, -0.2) is 37.6 Å². The molecule has 4 saturated carbocycles. The molecule has 0 aromatic heterocycles. The van der Waals surface area contributed by atoms with Gasteiger partial charge in [0.25, 0.3) is 0 Å². The first kappa shape index (κ1) is 18.5. The second-order valence-corrected chi connectivity index (χ2v) is 10.9. The second kappa shape index (κ2) is 7.04. The van der Waals surface area contributed by atoms with Crippen molar-refractivity contribution >= 4 is 11.6 Å². The van der Waals surface area contributed by atoms with Crippen LogP contribution in [0.2, 0.25) is 5.02 Å². The van der Waals surface area contributed by atoms with Crippen LogP contribution in [0.25, 0.3) is 0 Å². The van der Waals surface area contributed by atoms with Crippen LogP contribution in [0.4, 0.5) is 0 Å². The molecule has 3 unspecified atom stereocenters. The van der Waals surface area contributed by atoms with Gasteiger partial charge in [-0.15, -0.1) is 0 Å². The predicted molar refractivity (Wildman–Crippen MR) is 113 cm³/mol. The summed E-state index contributed by atoms with van der Waals surface area (Å²) in [5.41, 5.74) is 2.55. The Balaban J connectivity index is 1.26. The van der Waals surface area contributed by atoms with Gasteiger partial charge < -0.3 is 10.2 Å². The molecule has 2 nitrogen and oxygen atoms in total. The van der Waals surface area contributed by atoms with Gasteiger partial charge in [0.05, 0.1) is 0 Å². The Morgan fingerprint density at radius 2 is 1.85 bits per heavy atom. The van der Waals surface area contributed by atoms with Gasteiger partial charge in [-0.05, 0) is 118 Å². The zero-order valence-corrected chi connectivity index (χ0v) is 17.6. The number of hydrogen-bond acceptors (Lipinski definition) is 2. The molecule has 1 heterocycles. The summed E-state index contributed by atoms with van der Waals surface area (Å²) in [7, 11) is 2.30. The van der Waals surface area contributed by atoms with Crippen molar-refractivity contribution in [3.05, 3.63) is 34.9 Å². The largest absolute Gasteiger partial charge is 0.316 e. The van der Waals surface area contributed by atoms with Crippen molar-refractivity contribution in [1.82, 2.24) is 10.2 Å². The van der Waals surface area contributed by atoms with Crippen LogP contribution in [0.15, 0.2) is 24.3 Å². The maximum atomic E-state index is 6.18.